The van der Waals surface area contributed by atoms with Gasteiger partial charge in [-0.3, -0.25) is 0 Å². The monoisotopic (exact) mass is 294 g/mol. The molecule has 44 valence electrons. The van der Waals surface area contributed by atoms with Crippen molar-refractivity contribution >= 4 is 48.0 Å². The van der Waals surface area contributed by atoms with Crippen molar-refractivity contribution < 1.29 is 1.43 Å². The van der Waals surface area contributed by atoms with Gasteiger partial charge in [0.15, 0.2) is 0 Å². The van der Waals surface area contributed by atoms with E-state index in [1.54, 1.807) is 0 Å². The molecule has 0 aromatic carbocycles. The topological polar surface area (TPSA) is 12.0 Å². The third-order valence-electron chi connectivity index (χ3n) is 0.582. The minimum atomic E-state index is -0.125. The molecule has 0 bridgehead atoms. The molecule has 0 fully saturated rings. The summed E-state index contributed by atoms with van der Waals surface area (Å²) in [6.45, 7) is 2.05. The van der Waals surface area contributed by atoms with Crippen molar-refractivity contribution in [3.63, 3.8) is 0 Å². The number of alkyl halides is 2. The van der Waals surface area contributed by atoms with Crippen LogP contribution in [0, 0.1) is 0 Å². The fraction of sp³-hybridized carbons (Fsp3) is 1.00. The molecule has 0 saturated carbocycles. The van der Waals surface area contributed by atoms with Gasteiger partial charge in [0.05, 0.1) is 0 Å². The van der Waals surface area contributed by atoms with E-state index in [4.69, 9.17) is 0 Å². The van der Waals surface area contributed by atoms with Crippen LogP contribution in [0.25, 0.3) is 0 Å². The number of halogens is 3. The fourth-order valence-electron chi connectivity index (χ4n) is 0.0668. The van der Waals surface area contributed by atoms with E-state index in [9.17, 15) is 0 Å². The van der Waals surface area contributed by atoms with Crippen LogP contribution in [0.3, 0.4) is 0 Å². The first-order chi connectivity index (χ1) is 3.12. The SMILES string of the molecule is CCC(Br)(Br)NBr.[H+]. The number of hydrogen-bond acceptors (Lipinski definition) is 1. The zero-order chi connectivity index (χ0) is 5.91. The quantitative estimate of drug-likeness (QED) is 0.469. The largest absolute Gasteiger partial charge is 1.00 e. The van der Waals surface area contributed by atoms with Gasteiger partial charge in [-0.1, -0.05) is 38.8 Å². The zero-order valence-corrected chi connectivity index (χ0v) is 8.60. The van der Waals surface area contributed by atoms with Crippen LogP contribution < -0.4 is 4.34 Å². The van der Waals surface area contributed by atoms with E-state index >= 15 is 0 Å². The lowest BCUT2D eigenvalue weighted by Gasteiger charge is -2.13. The van der Waals surface area contributed by atoms with Crippen LogP contribution in [0.1, 0.15) is 14.8 Å². The molecule has 0 aromatic heterocycles. The van der Waals surface area contributed by atoms with Crippen molar-refractivity contribution in [3.05, 3.63) is 0 Å². The van der Waals surface area contributed by atoms with E-state index in [2.05, 4.69) is 59.3 Å². The molecular weight excluding hydrogens is 290 g/mol. The lowest BCUT2D eigenvalue weighted by atomic mass is 10.5. The van der Waals surface area contributed by atoms with E-state index in [-0.39, 0.29) is 4.78 Å². The Morgan fingerprint density at radius 2 is 2.14 bits per heavy atom. The Kier molecular flexibility index (Phi) is 4.12. The Morgan fingerprint density at radius 1 is 1.71 bits per heavy atom. The van der Waals surface area contributed by atoms with Crippen molar-refractivity contribution in [2.75, 3.05) is 0 Å². The molecule has 0 atom stereocenters. The van der Waals surface area contributed by atoms with E-state index in [0.29, 0.717) is 0 Å². The summed E-state index contributed by atoms with van der Waals surface area (Å²) in [7, 11) is 0. The van der Waals surface area contributed by atoms with Crippen LogP contribution >= 0.6 is 48.0 Å². The van der Waals surface area contributed by atoms with Gasteiger partial charge in [0, 0.05) is 16.1 Å². The van der Waals surface area contributed by atoms with Gasteiger partial charge in [-0.05, 0) is 6.42 Å². The summed E-state index contributed by atoms with van der Waals surface area (Å²) in [6, 6.07) is 0. The van der Waals surface area contributed by atoms with Crippen molar-refractivity contribution in [1.82, 2.24) is 4.34 Å². The molecule has 0 amide bonds. The van der Waals surface area contributed by atoms with E-state index in [1.807, 2.05) is 0 Å². The Hall–Kier alpha value is 1.40. The van der Waals surface area contributed by atoms with Gasteiger partial charge < -0.3 is 0 Å². The van der Waals surface area contributed by atoms with Crippen molar-refractivity contribution in [3.8, 4) is 0 Å². The maximum Gasteiger partial charge on any atom is 1.00 e. The first kappa shape index (κ1) is 8.40. The summed E-state index contributed by atoms with van der Waals surface area (Å²) in [6.07, 6.45) is 0.970. The molecule has 0 heterocycles. The normalized spacial score (nSPS) is 12.0. The highest BCUT2D eigenvalue weighted by Gasteiger charge is 2.15. The maximum absolute atomic E-state index is 3.34. The van der Waals surface area contributed by atoms with Crippen LogP contribution in [0.2, 0.25) is 0 Å². The van der Waals surface area contributed by atoms with Gasteiger partial charge in [0.2, 0.25) is 0 Å². The third-order valence-corrected chi connectivity index (χ3v) is 3.84. The number of nitrogens with one attached hydrogen (secondary N) is 1. The van der Waals surface area contributed by atoms with E-state index in [0.717, 1.165) is 6.42 Å². The van der Waals surface area contributed by atoms with Crippen molar-refractivity contribution in [2.24, 2.45) is 0 Å². The van der Waals surface area contributed by atoms with Crippen LogP contribution in [0.4, 0.5) is 0 Å². The van der Waals surface area contributed by atoms with E-state index < -0.39 is 0 Å². The molecule has 0 rings (SSSR count). The molecule has 4 heteroatoms. The molecule has 7 heavy (non-hydrogen) atoms. The Bertz CT molecular complexity index is 52.5. The number of hydrogen-bond donors (Lipinski definition) is 1. The molecule has 0 aliphatic rings. The molecule has 1 nitrogen and oxygen atoms in total. The maximum atomic E-state index is 3.34. The summed E-state index contributed by atoms with van der Waals surface area (Å²) in [5.74, 6) is 0. The van der Waals surface area contributed by atoms with Gasteiger partial charge in [-0.2, -0.15) is 0 Å². The Balaban J connectivity index is 0. The minimum Gasteiger partial charge on any atom is -0.230 e. The molecule has 0 saturated heterocycles. The molecule has 0 aromatic rings. The molecule has 1 N–H and O–H groups in total. The summed E-state index contributed by atoms with van der Waals surface area (Å²) in [5, 5.41) is 0. The van der Waals surface area contributed by atoms with Gasteiger partial charge in [0.1, 0.15) is 3.36 Å². The Morgan fingerprint density at radius 3 is 2.14 bits per heavy atom. The average molecular weight is 297 g/mol. The standard InChI is InChI=1S/C3H6Br3N/c1-2-3(4,5)7-6/h7H,2H2,1H3/p+1. The lowest BCUT2D eigenvalue weighted by molar-refractivity contribution is 0.797. The highest BCUT2D eigenvalue weighted by atomic mass is 79.9. The van der Waals surface area contributed by atoms with Crippen molar-refractivity contribution in [2.45, 2.75) is 16.7 Å². The third kappa shape index (κ3) is 3.94. The highest BCUT2D eigenvalue weighted by molar-refractivity contribution is 9.26. The second-order valence-corrected chi connectivity index (χ2v) is 5.32. The minimum absolute atomic E-state index is 0. The van der Waals surface area contributed by atoms with Gasteiger partial charge in [-0.25, -0.2) is 4.34 Å². The summed E-state index contributed by atoms with van der Waals surface area (Å²) < 4.78 is 2.71. The molecular formula is C3H7Br3N+. The van der Waals surface area contributed by atoms with Gasteiger partial charge in [0.25, 0.3) is 0 Å². The lowest BCUT2D eigenvalue weighted by Crippen LogP contribution is -2.22. The summed E-state index contributed by atoms with van der Waals surface area (Å²) in [5.41, 5.74) is 0. The number of rotatable bonds is 2. The molecule has 0 radical (unpaired) electrons. The highest BCUT2D eigenvalue weighted by Crippen LogP contribution is 2.26. The van der Waals surface area contributed by atoms with Crippen LogP contribution in [0.15, 0.2) is 0 Å². The van der Waals surface area contributed by atoms with Crippen LogP contribution in [-0.4, -0.2) is 3.36 Å². The van der Waals surface area contributed by atoms with Crippen molar-refractivity contribution in [1.29, 1.82) is 0 Å². The predicted octanol–water partition coefficient (Wildman–Crippen LogP) is 2.85. The molecule has 0 aliphatic heterocycles. The Labute approximate surface area is 70.3 Å². The zero-order valence-electron chi connectivity index (χ0n) is 4.84. The first-order valence-electron chi connectivity index (χ1n) is 1.88. The van der Waals surface area contributed by atoms with Gasteiger partial charge in [-0.15, -0.1) is 0 Å². The van der Waals surface area contributed by atoms with Crippen LogP contribution in [0.5, 0.6) is 0 Å². The average Bonchev–Trinajstić information content (AvgIpc) is 1.68. The van der Waals surface area contributed by atoms with Crippen LogP contribution in [-0.2, 0) is 0 Å². The second kappa shape index (κ2) is 3.43. The summed E-state index contributed by atoms with van der Waals surface area (Å²) in [4.78, 5) is 0. The smallest absolute Gasteiger partial charge is 0.230 e. The predicted molar refractivity (Wildman–Crippen MR) is 44.1 cm³/mol. The molecule has 0 unspecified atom stereocenters. The molecule has 0 aliphatic carbocycles. The second-order valence-electron chi connectivity index (χ2n) is 1.15. The first-order valence-corrected chi connectivity index (χ1v) is 4.26. The van der Waals surface area contributed by atoms with Gasteiger partial charge >= 0.3 is 1.43 Å². The fourth-order valence-corrected chi connectivity index (χ4v) is 0.347. The van der Waals surface area contributed by atoms with E-state index in [1.165, 1.54) is 0 Å². The summed E-state index contributed by atoms with van der Waals surface area (Å²) >= 11 is 9.76. The molecule has 0 spiro atoms.